The van der Waals surface area contributed by atoms with Crippen LogP contribution in [0, 0.1) is 0 Å². The molecule has 0 unspecified atom stereocenters. The zero-order chi connectivity index (χ0) is 23.3. The highest BCUT2D eigenvalue weighted by Gasteiger charge is 2.34. The molecule has 4 aromatic rings. The van der Waals surface area contributed by atoms with Crippen molar-refractivity contribution in [1.82, 2.24) is 19.7 Å². The molecule has 170 valence electrons. The molecule has 4 heterocycles. The van der Waals surface area contributed by atoms with E-state index in [4.69, 9.17) is 19.0 Å². The number of thiophene rings is 1. The van der Waals surface area contributed by atoms with Gasteiger partial charge in [0, 0.05) is 35.2 Å². The summed E-state index contributed by atoms with van der Waals surface area (Å²) in [5.41, 5.74) is 3.96. The minimum Gasteiger partial charge on any atom is -0.496 e. The van der Waals surface area contributed by atoms with Crippen LogP contribution in [0.3, 0.4) is 0 Å². The zero-order valence-electron chi connectivity index (χ0n) is 19.1. The van der Waals surface area contributed by atoms with Gasteiger partial charge in [-0.2, -0.15) is 16.4 Å². The highest BCUT2D eigenvalue weighted by Crippen LogP contribution is 2.46. The molecule has 8 nitrogen and oxygen atoms in total. The number of carbonyl (C=O) groups is 1. The molecule has 1 aromatic carbocycles. The number of benzene rings is 1. The van der Waals surface area contributed by atoms with Crippen molar-refractivity contribution in [3.63, 3.8) is 0 Å². The summed E-state index contributed by atoms with van der Waals surface area (Å²) in [4.78, 5) is 19.5. The molecule has 0 aliphatic carbocycles. The van der Waals surface area contributed by atoms with Crippen LogP contribution >= 0.6 is 11.3 Å². The average Bonchev–Trinajstić information content (AvgIpc) is 3.56. The van der Waals surface area contributed by atoms with E-state index in [-0.39, 0.29) is 18.1 Å². The first-order valence-electron chi connectivity index (χ1n) is 10.5. The fraction of sp³-hybridized carbons (Fsp3) is 0.292. The van der Waals surface area contributed by atoms with Gasteiger partial charge in [0.2, 0.25) is 5.89 Å². The molecular weight excluding hydrogens is 440 g/mol. The molecule has 1 aliphatic heterocycles. The van der Waals surface area contributed by atoms with Crippen LogP contribution in [0.4, 0.5) is 0 Å². The number of amides is 1. The third-order valence-corrected chi connectivity index (χ3v) is 6.51. The highest BCUT2D eigenvalue weighted by molar-refractivity contribution is 7.08. The van der Waals surface area contributed by atoms with Crippen molar-refractivity contribution < 1.29 is 18.7 Å². The monoisotopic (exact) mass is 464 g/mol. The molecule has 0 saturated carbocycles. The molecule has 33 heavy (non-hydrogen) atoms. The maximum absolute atomic E-state index is 13.5. The minimum absolute atomic E-state index is 0.152. The predicted octanol–water partition coefficient (Wildman–Crippen LogP) is 5.03. The van der Waals surface area contributed by atoms with Crippen molar-refractivity contribution in [2.75, 3.05) is 14.2 Å². The minimum atomic E-state index is -0.352. The van der Waals surface area contributed by atoms with Gasteiger partial charge in [-0.25, -0.2) is 9.67 Å². The molecule has 3 aromatic heterocycles. The first-order valence-corrected chi connectivity index (χ1v) is 11.4. The summed E-state index contributed by atoms with van der Waals surface area (Å²) < 4.78 is 19.0. The van der Waals surface area contributed by atoms with E-state index in [0.29, 0.717) is 28.6 Å². The van der Waals surface area contributed by atoms with Gasteiger partial charge in [0.25, 0.3) is 5.91 Å². The standard InChI is InChI=1S/C24H24N4O4S/c1-24(2,3)27(4)23(29)20-17-12-32-19-11-18(30-5)16(22-25-7-8-31-22)10-15(19)21(17)28(26-20)14-6-9-33-13-14/h6-11,13H,12H2,1-5H3. The van der Waals surface area contributed by atoms with E-state index in [0.717, 1.165) is 22.5 Å². The van der Waals surface area contributed by atoms with Crippen LogP contribution in [0.15, 0.2) is 45.8 Å². The summed E-state index contributed by atoms with van der Waals surface area (Å²) in [6.45, 7) is 6.21. The van der Waals surface area contributed by atoms with Crippen LogP contribution in [0.2, 0.25) is 0 Å². The van der Waals surface area contributed by atoms with Gasteiger partial charge in [0.1, 0.15) is 24.4 Å². The second kappa shape index (κ2) is 7.77. The van der Waals surface area contributed by atoms with Gasteiger partial charge in [-0.15, -0.1) is 0 Å². The Hall–Kier alpha value is -3.59. The molecule has 9 heteroatoms. The average molecular weight is 465 g/mol. The Kier molecular flexibility index (Phi) is 5.01. The summed E-state index contributed by atoms with van der Waals surface area (Å²) in [5, 5.41) is 8.77. The molecule has 0 fully saturated rings. The smallest absolute Gasteiger partial charge is 0.274 e. The molecule has 1 aliphatic rings. The maximum Gasteiger partial charge on any atom is 0.274 e. The van der Waals surface area contributed by atoms with E-state index in [2.05, 4.69) is 4.98 Å². The van der Waals surface area contributed by atoms with E-state index in [9.17, 15) is 4.79 Å². The van der Waals surface area contributed by atoms with Crippen LogP contribution < -0.4 is 9.47 Å². The Morgan fingerprint density at radius 2 is 2.09 bits per heavy atom. The number of oxazole rings is 1. The van der Waals surface area contributed by atoms with Crippen molar-refractivity contribution in [3.8, 4) is 39.9 Å². The number of methoxy groups -OCH3 is 1. The molecule has 0 saturated heterocycles. The molecule has 0 N–H and O–H groups in total. The van der Waals surface area contributed by atoms with Crippen molar-refractivity contribution in [2.45, 2.75) is 32.9 Å². The Bertz CT molecular complexity index is 1320. The predicted molar refractivity (Wildman–Crippen MR) is 125 cm³/mol. The second-order valence-electron chi connectivity index (χ2n) is 8.78. The van der Waals surface area contributed by atoms with E-state index in [1.54, 1.807) is 36.6 Å². The number of carbonyl (C=O) groups excluding carboxylic acids is 1. The number of hydrogen-bond acceptors (Lipinski definition) is 7. The van der Waals surface area contributed by atoms with Crippen molar-refractivity contribution in [1.29, 1.82) is 0 Å². The number of hydrogen-bond donors (Lipinski definition) is 0. The topological polar surface area (TPSA) is 82.6 Å². The summed E-state index contributed by atoms with van der Waals surface area (Å²) in [6, 6.07) is 5.73. The number of rotatable bonds is 4. The van der Waals surface area contributed by atoms with Crippen molar-refractivity contribution in [3.05, 3.63) is 52.7 Å². The molecule has 0 atom stereocenters. The fourth-order valence-electron chi connectivity index (χ4n) is 3.77. The van der Waals surface area contributed by atoms with Gasteiger partial charge in [-0.3, -0.25) is 4.79 Å². The van der Waals surface area contributed by atoms with E-state index < -0.39 is 0 Å². The van der Waals surface area contributed by atoms with E-state index in [1.165, 1.54) is 6.26 Å². The Labute approximate surface area is 195 Å². The lowest BCUT2D eigenvalue weighted by atomic mass is 9.98. The molecular formula is C24H24N4O4S. The Balaban J connectivity index is 1.75. The SMILES string of the molecule is COc1cc2c(cc1-c1ncco1)-c1c(c(C(=O)N(C)C(C)(C)C)nn1-c1ccsc1)CO2. The van der Waals surface area contributed by atoms with Crippen LogP contribution in [-0.4, -0.2) is 45.3 Å². The third kappa shape index (κ3) is 3.48. The van der Waals surface area contributed by atoms with Crippen LogP contribution in [-0.2, 0) is 6.61 Å². The van der Waals surface area contributed by atoms with Crippen LogP contribution in [0.25, 0.3) is 28.4 Å². The number of aromatic nitrogens is 3. The van der Waals surface area contributed by atoms with Gasteiger partial charge in [-0.1, -0.05) is 0 Å². The van der Waals surface area contributed by atoms with Gasteiger partial charge >= 0.3 is 0 Å². The summed E-state index contributed by atoms with van der Waals surface area (Å²) in [7, 11) is 3.39. The number of nitrogens with zero attached hydrogens (tertiary/aromatic N) is 4. The maximum atomic E-state index is 13.5. The van der Waals surface area contributed by atoms with Gasteiger partial charge in [0.05, 0.1) is 30.3 Å². The van der Waals surface area contributed by atoms with Crippen molar-refractivity contribution >= 4 is 17.2 Å². The second-order valence-corrected chi connectivity index (χ2v) is 9.56. The highest BCUT2D eigenvalue weighted by atomic mass is 32.1. The number of ether oxygens (including phenoxy) is 2. The number of fused-ring (bicyclic) bond motifs is 3. The molecule has 1 amide bonds. The van der Waals surface area contributed by atoms with Crippen molar-refractivity contribution in [2.24, 2.45) is 0 Å². The normalized spacial score (nSPS) is 12.6. The van der Waals surface area contributed by atoms with E-state index in [1.807, 2.05) is 54.4 Å². The molecule has 0 bridgehead atoms. The summed E-state index contributed by atoms with van der Waals surface area (Å²) in [6.07, 6.45) is 3.11. The molecule has 5 rings (SSSR count). The fourth-order valence-corrected chi connectivity index (χ4v) is 4.39. The molecule has 0 radical (unpaired) electrons. The van der Waals surface area contributed by atoms with Gasteiger partial charge in [-0.05, 0) is 38.3 Å². The Morgan fingerprint density at radius 3 is 2.73 bits per heavy atom. The summed E-state index contributed by atoms with van der Waals surface area (Å²) in [5.74, 6) is 1.52. The first-order chi connectivity index (χ1) is 15.8. The lowest BCUT2D eigenvalue weighted by Crippen LogP contribution is -2.43. The quantitative estimate of drug-likeness (QED) is 0.421. The van der Waals surface area contributed by atoms with Gasteiger partial charge in [0.15, 0.2) is 5.69 Å². The zero-order valence-corrected chi connectivity index (χ0v) is 19.9. The lowest BCUT2D eigenvalue weighted by Gasteiger charge is -2.31. The van der Waals surface area contributed by atoms with Crippen LogP contribution in [0.1, 0.15) is 36.8 Å². The summed E-state index contributed by atoms with van der Waals surface area (Å²) >= 11 is 1.57. The molecule has 0 spiro atoms. The van der Waals surface area contributed by atoms with Gasteiger partial charge < -0.3 is 18.8 Å². The van der Waals surface area contributed by atoms with Crippen LogP contribution in [0.5, 0.6) is 11.5 Å². The Morgan fingerprint density at radius 1 is 1.27 bits per heavy atom. The lowest BCUT2D eigenvalue weighted by molar-refractivity contribution is 0.0646. The first kappa shape index (κ1) is 21.3. The largest absolute Gasteiger partial charge is 0.496 e. The third-order valence-electron chi connectivity index (χ3n) is 5.84. The van der Waals surface area contributed by atoms with E-state index >= 15 is 0 Å².